The molecule has 0 atom stereocenters. The lowest BCUT2D eigenvalue weighted by Crippen LogP contribution is -2.01. The third-order valence-corrected chi connectivity index (χ3v) is 4.19. The summed E-state index contributed by atoms with van der Waals surface area (Å²) in [4.78, 5) is 8.86. The zero-order valence-electron chi connectivity index (χ0n) is 13.5. The summed E-state index contributed by atoms with van der Waals surface area (Å²) in [5.41, 5.74) is 1.88. The van der Waals surface area contributed by atoms with Crippen LogP contribution in [0.15, 0.2) is 67.3 Å². The van der Waals surface area contributed by atoms with Crippen LogP contribution < -0.4 is 5.32 Å². The smallest absolute Gasteiger partial charge is 0.235 e. The second-order valence-electron chi connectivity index (χ2n) is 5.98. The van der Waals surface area contributed by atoms with Crippen LogP contribution in [0.5, 0.6) is 0 Å². The molecule has 2 N–H and O–H groups in total. The van der Waals surface area contributed by atoms with Gasteiger partial charge < -0.3 is 5.32 Å². The first-order chi connectivity index (χ1) is 12.7. The molecule has 0 amide bonds. The highest BCUT2D eigenvalue weighted by Gasteiger charge is 2.06. The zero-order valence-corrected chi connectivity index (χ0v) is 13.5. The molecule has 0 bridgehead atoms. The summed E-state index contributed by atoms with van der Waals surface area (Å²) in [7, 11) is 0. The summed E-state index contributed by atoms with van der Waals surface area (Å²) < 4.78 is 15.2. The molecule has 0 aliphatic heterocycles. The van der Waals surface area contributed by atoms with Gasteiger partial charge in [-0.1, -0.05) is 0 Å². The van der Waals surface area contributed by atoms with E-state index in [1.54, 1.807) is 29.1 Å². The number of hydrogen-bond donors (Lipinski definition) is 2. The molecule has 26 heavy (non-hydrogen) atoms. The summed E-state index contributed by atoms with van der Waals surface area (Å²) in [5, 5.41) is 13.0. The fraction of sp³-hybridized carbons (Fsp3) is 0. The molecule has 0 fully saturated rings. The third-order valence-electron chi connectivity index (χ3n) is 4.19. The molecule has 0 aliphatic rings. The number of rotatable bonds is 3. The molecule has 0 spiro atoms. The SMILES string of the molecule is Fc1ccc2cn(-c3nccc(Nc4ccc5[nH]ncc5c4)n3)cc2c1. The van der Waals surface area contributed by atoms with Gasteiger partial charge in [0.1, 0.15) is 11.6 Å². The van der Waals surface area contributed by atoms with Crippen LogP contribution in [0.3, 0.4) is 0 Å². The van der Waals surface area contributed by atoms with Crippen molar-refractivity contribution < 1.29 is 4.39 Å². The molecule has 5 rings (SSSR count). The largest absolute Gasteiger partial charge is 0.340 e. The molecule has 6 nitrogen and oxygen atoms in total. The summed E-state index contributed by atoms with van der Waals surface area (Å²) in [6.07, 6.45) is 7.16. The van der Waals surface area contributed by atoms with E-state index in [2.05, 4.69) is 25.5 Å². The van der Waals surface area contributed by atoms with Gasteiger partial charge in [0.15, 0.2) is 0 Å². The van der Waals surface area contributed by atoms with Gasteiger partial charge in [0, 0.05) is 40.4 Å². The number of halogens is 1. The Morgan fingerprint density at radius 1 is 0.962 bits per heavy atom. The molecule has 3 heterocycles. The molecule has 3 aromatic heterocycles. The predicted molar refractivity (Wildman–Crippen MR) is 98.2 cm³/mol. The highest BCUT2D eigenvalue weighted by atomic mass is 19.1. The molecule has 0 saturated heterocycles. The quantitative estimate of drug-likeness (QED) is 0.515. The van der Waals surface area contributed by atoms with Crippen LogP contribution in [0.1, 0.15) is 0 Å². The fourth-order valence-corrected chi connectivity index (χ4v) is 2.94. The lowest BCUT2D eigenvalue weighted by molar-refractivity contribution is 0.630. The first-order valence-corrected chi connectivity index (χ1v) is 8.05. The molecule has 126 valence electrons. The Morgan fingerprint density at radius 3 is 2.85 bits per heavy atom. The Labute approximate surface area is 147 Å². The molecular formula is C19H13FN6. The minimum absolute atomic E-state index is 0.263. The fourth-order valence-electron chi connectivity index (χ4n) is 2.94. The Bertz CT molecular complexity index is 1240. The van der Waals surface area contributed by atoms with E-state index >= 15 is 0 Å². The minimum atomic E-state index is -0.263. The molecule has 0 radical (unpaired) electrons. The van der Waals surface area contributed by atoms with Gasteiger partial charge in [0.25, 0.3) is 0 Å². The number of nitrogens with zero attached hydrogens (tertiary/aromatic N) is 4. The van der Waals surface area contributed by atoms with E-state index in [-0.39, 0.29) is 5.82 Å². The average Bonchev–Trinajstić information content (AvgIpc) is 3.27. The number of aromatic nitrogens is 5. The van der Waals surface area contributed by atoms with Crippen LogP contribution in [0.4, 0.5) is 15.9 Å². The van der Waals surface area contributed by atoms with Crippen molar-refractivity contribution in [3.8, 4) is 5.95 Å². The summed E-state index contributed by atoms with van der Waals surface area (Å²) in [6, 6.07) is 12.4. The number of fused-ring (bicyclic) bond motifs is 2. The number of anilines is 2. The average molecular weight is 344 g/mol. The molecule has 0 unspecified atom stereocenters. The molecular weight excluding hydrogens is 331 g/mol. The van der Waals surface area contributed by atoms with Gasteiger partial charge in [0.2, 0.25) is 5.95 Å². The number of benzene rings is 2. The highest BCUT2D eigenvalue weighted by Crippen LogP contribution is 2.22. The van der Waals surface area contributed by atoms with E-state index in [0.29, 0.717) is 11.8 Å². The Kier molecular flexibility index (Phi) is 3.18. The van der Waals surface area contributed by atoms with Crippen molar-refractivity contribution in [3.05, 3.63) is 73.1 Å². The summed E-state index contributed by atoms with van der Waals surface area (Å²) >= 11 is 0. The molecule has 0 aliphatic carbocycles. The van der Waals surface area contributed by atoms with Crippen molar-refractivity contribution in [1.29, 1.82) is 0 Å². The van der Waals surface area contributed by atoms with E-state index in [4.69, 9.17) is 0 Å². The van der Waals surface area contributed by atoms with Gasteiger partial charge in [-0.2, -0.15) is 10.1 Å². The molecule has 0 saturated carbocycles. The highest BCUT2D eigenvalue weighted by molar-refractivity contribution is 5.83. The van der Waals surface area contributed by atoms with Crippen LogP contribution in [-0.4, -0.2) is 24.7 Å². The maximum atomic E-state index is 13.4. The third kappa shape index (κ3) is 2.55. The first kappa shape index (κ1) is 14.6. The first-order valence-electron chi connectivity index (χ1n) is 8.05. The van der Waals surface area contributed by atoms with Crippen LogP contribution in [0.25, 0.3) is 27.6 Å². The number of nitrogens with one attached hydrogen (secondary N) is 2. The van der Waals surface area contributed by atoms with Crippen molar-refractivity contribution in [1.82, 2.24) is 24.7 Å². The van der Waals surface area contributed by atoms with Crippen LogP contribution in [0.2, 0.25) is 0 Å². The molecule has 5 aromatic rings. The lowest BCUT2D eigenvalue weighted by atomic mass is 10.2. The van der Waals surface area contributed by atoms with Crippen molar-refractivity contribution in [2.45, 2.75) is 0 Å². The van der Waals surface area contributed by atoms with E-state index in [1.165, 1.54) is 12.1 Å². The number of hydrogen-bond acceptors (Lipinski definition) is 4. The topological polar surface area (TPSA) is 71.4 Å². The van der Waals surface area contributed by atoms with Gasteiger partial charge in [-0.15, -0.1) is 0 Å². The zero-order chi connectivity index (χ0) is 17.5. The van der Waals surface area contributed by atoms with Gasteiger partial charge in [0.05, 0.1) is 11.7 Å². The predicted octanol–water partition coefficient (Wildman–Crippen LogP) is 4.18. The van der Waals surface area contributed by atoms with E-state index in [0.717, 1.165) is 27.4 Å². The number of H-pyrrole nitrogens is 1. The van der Waals surface area contributed by atoms with Gasteiger partial charge in [-0.05, 0) is 42.5 Å². The second kappa shape index (κ2) is 5.66. The van der Waals surface area contributed by atoms with Crippen molar-refractivity contribution >= 4 is 33.2 Å². The van der Waals surface area contributed by atoms with E-state index < -0.39 is 0 Å². The van der Waals surface area contributed by atoms with Crippen molar-refractivity contribution in [3.63, 3.8) is 0 Å². The Morgan fingerprint density at radius 2 is 1.88 bits per heavy atom. The maximum Gasteiger partial charge on any atom is 0.235 e. The van der Waals surface area contributed by atoms with Crippen LogP contribution >= 0.6 is 0 Å². The Hall–Kier alpha value is -3.74. The summed E-state index contributed by atoms with van der Waals surface area (Å²) in [6.45, 7) is 0. The monoisotopic (exact) mass is 344 g/mol. The second-order valence-corrected chi connectivity index (χ2v) is 5.98. The number of aromatic amines is 1. The van der Waals surface area contributed by atoms with E-state index in [1.807, 2.05) is 30.6 Å². The minimum Gasteiger partial charge on any atom is -0.340 e. The van der Waals surface area contributed by atoms with Crippen molar-refractivity contribution in [2.24, 2.45) is 0 Å². The van der Waals surface area contributed by atoms with Gasteiger partial charge in [-0.25, -0.2) is 9.37 Å². The normalized spacial score (nSPS) is 11.3. The lowest BCUT2D eigenvalue weighted by Gasteiger charge is -2.07. The molecule has 7 heteroatoms. The Balaban J connectivity index is 1.49. The van der Waals surface area contributed by atoms with Crippen LogP contribution in [-0.2, 0) is 0 Å². The maximum absolute atomic E-state index is 13.4. The van der Waals surface area contributed by atoms with Crippen LogP contribution in [0, 0.1) is 5.82 Å². The van der Waals surface area contributed by atoms with Gasteiger partial charge >= 0.3 is 0 Å². The van der Waals surface area contributed by atoms with E-state index in [9.17, 15) is 4.39 Å². The van der Waals surface area contributed by atoms with Crippen molar-refractivity contribution in [2.75, 3.05) is 5.32 Å². The standard InChI is InChI=1S/C19H13FN6/c20-15-2-1-12-10-26(11-14(12)7-15)19-21-6-5-18(24-19)23-16-3-4-17-13(8-16)9-22-25-17/h1-11H,(H,22,25)(H,21,23,24). The summed E-state index contributed by atoms with van der Waals surface area (Å²) in [5.74, 6) is 0.916. The van der Waals surface area contributed by atoms with Gasteiger partial charge in [-0.3, -0.25) is 9.67 Å². The molecule has 2 aromatic carbocycles.